The molecule has 0 aliphatic heterocycles. The largest absolute Gasteiger partial charge is 0.326 e. The molecule has 3 aromatic carbocycles. The van der Waals surface area contributed by atoms with Gasteiger partial charge in [-0.05, 0) is 44.0 Å². The Morgan fingerprint density at radius 3 is 2.24 bits per heavy atom. The first-order valence-corrected chi connectivity index (χ1v) is 11.5. The van der Waals surface area contributed by atoms with E-state index in [0.717, 1.165) is 35.3 Å². The normalized spacial score (nSPS) is 12.9. The second-order valence-corrected chi connectivity index (χ2v) is 8.60. The molecule has 1 heterocycles. The lowest BCUT2D eigenvalue weighted by molar-refractivity contribution is -0.117. The van der Waals surface area contributed by atoms with Crippen molar-refractivity contribution in [3.05, 3.63) is 102 Å². The summed E-state index contributed by atoms with van der Waals surface area (Å²) in [5, 5.41) is 2.95. The van der Waals surface area contributed by atoms with Crippen LogP contribution < -0.4 is 5.32 Å². The van der Waals surface area contributed by atoms with E-state index in [1.54, 1.807) is 4.90 Å². The van der Waals surface area contributed by atoms with Gasteiger partial charge in [-0.2, -0.15) is 0 Å². The Kier molecular flexibility index (Phi) is 5.95. The number of carbonyl (C=O) groups excluding carboxylic acids is 2. The van der Waals surface area contributed by atoms with E-state index in [1.165, 1.54) is 0 Å². The van der Waals surface area contributed by atoms with Crippen LogP contribution in [0.15, 0.2) is 91.1 Å². The summed E-state index contributed by atoms with van der Waals surface area (Å²) < 4.78 is 1.86. The molecule has 0 unspecified atom stereocenters. The molecule has 6 nitrogen and oxygen atoms in total. The molecule has 5 rings (SSSR count). The molecule has 0 atom stereocenters. The summed E-state index contributed by atoms with van der Waals surface area (Å²) in [7, 11) is 0. The maximum Gasteiger partial charge on any atom is 0.254 e. The average Bonchev–Trinajstić information content (AvgIpc) is 3.63. The number of aryl methyl sites for hydroxylation is 1. The summed E-state index contributed by atoms with van der Waals surface area (Å²) in [6, 6.07) is 27.2. The molecule has 0 radical (unpaired) electrons. The van der Waals surface area contributed by atoms with Crippen LogP contribution in [-0.2, 0) is 4.79 Å². The summed E-state index contributed by atoms with van der Waals surface area (Å²) in [5.41, 5.74) is 4.30. The monoisotopic (exact) mass is 450 g/mol. The molecule has 1 saturated carbocycles. The average molecular weight is 451 g/mol. The third-order valence-corrected chi connectivity index (χ3v) is 5.92. The van der Waals surface area contributed by atoms with Crippen molar-refractivity contribution in [1.29, 1.82) is 0 Å². The second-order valence-electron chi connectivity index (χ2n) is 8.60. The number of anilines is 1. The van der Waals surface area contributed by atoms with E-state index in [2.05, 4.69) is 5.32 Å². The summed E-state index contributed by atoms with van der Waals surface area (Å²) in [4.78, 5) is 32.6. The zero-order valence-corrected chi connectivity index (χ0v) is 19.0. The van der Waals surface area contributed by atoms with E-state index in [1.807, 2.05) is 103 Å². The summed E-state index contributed by atoms with van der Waals surface area (Å²) in [6.45, 7) is 1.97. The molecule has 0 saturated heterocycles. The van der Waals surface area contributed by atoms with Gasteiger partial charge in [0.2, 0.25) is 11.9 Å². The van der Waals surface area contributed by atoms with E-state index >= 15 is 0 Å². The van der Waals surface area contributed by atoms with Gasteiger partial charge in [0.15, 0.2) is 0 Å². The van der Waals surface area contributed by atoms with E-state index < -0.39 is 0 Å². The molecular weight excluding hydrogens is 424 g/mol. The molecule has 1 N–H and O–H groups in total. The first kappa shape index (κ1) is 21.6. The molecular formula is C28H26N4O2. The number of nitrogens with zero attached hydrogens (tertiary/aromatic N) is 3. The van der Waals surface area contributed by atoms with Crippen LogP contribution in [0.5, 0.6) is 0 Å². The number of benzene rings is 3. The molecule has 0 bridgehead atoms. The predicted octanol–water partition coefficient (Wildman–Crippen LogP) is 5.09. The number of imidazole rings is 1. The molecule has 1 aliphatic carbocycles. The number of nitrogens with one attached hydrogen (secondary N) is 1. The summed E-state index contributed by atoms with van der Waals surface area (Å²) >= 11 is 0. The molecule has 2 amide bonds. The van der Waals surface area contributed by atoms with E-state index in [0.29, 0.717) is 11.5 Å². The van der Waals surface area contributed by atoms with Gasteiger partial charge in [-0.25, -0.2) is 4.98 Å². The Morgan fingerprint density at radius 2 is 1.59 bits per heavy atom. The van der Waals surface area contributed by atoms with E-state index in [4.69, 9.17) is 4.98 Å². The molecule has 6 heteroatoms. The van der Waals surface area contributed by atoms with Crippen molar-refractivity contribution in [2.75, 3.05) is 11.9 Å². The lowest BCUT2D eigenvalue weighted by Gasteiger charge is -2.22. The topological polar surface area (TPSA) is 67.2 Å². The van der Waals surface area contributed by atoms with Gasteiger partial charge >= 0.3 is 0 Å². The molecule has 1 fully saturated rings. The molecule has 1 aromatic heterocycles. The van der Waals surface area contributed by atoms with Crippen LogP contribution in [-0.4, -0.2) is 38.9 Å². The smallest absolute Gasteiger partial charge is 0.254 e. The lowest BCUT2D eigenvalue weighted by Crippen LogP contribution is -2.39. The zero-order valence-electron chi connectivity index (χ0n) is 19.0. The number of aromatic nitrogens is 2. The third-order valence-electron chi connectivity index (χ3n) is 5.92. The Labute approximate surface area is 198 Å². The zero-order chi connectivity index (χ0) is 23.5. The van der Waals surface area contributed by atoms with Gasteiger partial charge in [0.1, 0.15) is 6.54 Å². The second kappa shape index (κ2) is 9.35. The van der Waals surface area contributed by atoms with Crippen molar-refractivity contribution >= 4 is 17.8 Å². The van der Waals surface area contributed by atoms with Gasteiger partial charge < -0.3 is 4.90 Å². The van der Waals surface area contributed by atoms with Gasteiger partial charge in [0, 0.05) is 29.1 Å². The van der Waals surface area contributed by atoms with Crippen LogP contribution in [0.25, 0.3) is 16.9 Å². The highest BCUT2D eigenvalue weighted by atomic mass is 16.2. The van der Waals surface area contributed by atoms with Crippen molar-refractivity contribution in [2.45, 2.75) is 25.8 Å². The van der Waals surface area contributed by atoms with Gasteiger partial charge in [-0.3, -0.25) is 19.5 Å². The first-order chi connectivity index (χ1) is 16.6. The Hall–Kier alpha value is -4.19. The van der Waals surface area contributed by atoms with Crippen LogP contribution in [0, 0.1) is 6.92 Å². The molecule has 170 valence electrons. The maximum atomic E-state index is 13.1. The van der Waals surface area contributed by atoms with Crippen molar-refractivity contribution in [3.8, 4) is 16.9 Å². The highest BCUT2D eigenvalue weighted by Crippen LogP contribution is 2.29. The summed E-state index contributed by atoms with van der Waals surface area (Å²) in [5.74, 6) is 0.0392. The Bertz CT molecular complexity index is 1290. The molecule has 1 aliphatic rings. The number of para-hydroxylation sites is 1. The number of amides is 2. The number of hydrogen-bond donors (Lipinski definition) is 1. The minimum absolute atomic E-state index is 0.0142. The highest BCUT2D eigenvalue weighted by Gasteiger charge is 2.34. The summed E-state index contributed by atoms with van der Waals surface area (Å²) in [6.07, 6.45) is 3.75. The minimum atomic E-state index is -0.269. The minimum Gasteiger partial charge on any atom is -0.326 e. The number of hydrogen-bond acceptors (Lipinski definition) is 3. The molecule has 34 heavy (non-hydrogen) atoms. The highest BCUT2D eigenvalue weighted by molar-refractivity contribution is 5.99. The van der Waals surface area contributed by atoms with Crippen molar-refractivity contribution < 1.29 is 9.59 Å². The lowest BCUT2D eigenvalue weighted by atomic mass is 10.1. The standard InChI is InChI=1S/C28H26N4O2/c1-20-12-14-22(15-13-20)27(34)31(24-16-17-24)19-26(33)30-28-29-25(21-8-4-2-5-9-21)18-32(28)23-10-6-3-7-11-23/h2-15,18,24H,16-17,19H2,1H3,(H,29,30,33). The molecule has 0 spiro atoms. The number of carbonyl (C=O) groups is 2. The van der Waals surface area contributed by atoms with Crippen LogP contribution in [0.1, 0.15) is 28.8 Å². The van der Waals surface area contributed by atoms with Crippen LogP contribution in [0.4, 0.5) is 5.95 Å². The van der Waals surface area contributed by atoms with Crippen molar-refractivity contribution in [2.24, 2.45) is 0 Å². The fourth-order valence-electron chi connectivity index (χ4n) is 3.94. The van der Waals surface area contributed by atoms with Crippen LogP contribution in [0.3, 0.4) is 0 Å². The SMILES string of the molecule is Cc1ccc(C(=O)N(CC(=O)Nc2nc(-c3ccccc3)cn2-c2ccccc2)C2CC2)cc1. The van der Waals surface area contributed by atoms with E-state index in [9.17, 15) is 9.59 Å². The quantitative estimate of drug-likeness (QED) is 0.426. The van der Waals surface area contributed by atoms with Crippen LogP contribution >= 0.6 is 0 Å². The van der Waals surface area contributed by atoms with E-state index in [-0.39, 0.29) is 24.4 Å². The fourth-order valence-corrected chi connectivity index (χ4v) is 3.94. The van der Waals surface area contributed by atoms with Crippen molar-refractivity contribution in [1.82, 2.24) is 14.5 Å². The Balaban J connectivity index is 1.39. The third kappa shape index (κ3) is 4.76. The fraction of sp³-hybridized carbons (Fsp3) is 0.179. The van der Waals surface area contributed by atoms with Gasteiger partial charge in [0.25, 0.3) is 5.91 Å². The Morgan fingerprint density at radius 1 is 0.941 bits per heavy atom. The molecule has 4 aromatic rings. The number of rotatable bonds is 7. The van der Waals surface area contributed by atoms with Crippen LogP contribution in [0.2, 0.25) is 0 Å². The van der Waals surface area contributed by atoms with Gasteiger partial charge in [-0.1, -0.05) is 66.2 Å². The van der Waals surface area contributed by atoms with Gasteiger partial charge in [-0.15, -0.1) is 0 Å². The first-order valence-electron chi connectivity index (χ1n) is 11.5. The van der Waals surface area contributed by atoms with Crippen molar-refractivity contribution in [3.63, 3.8) is 0 Å². The maximum absolute atomic E-state index is 13.1. The predicted molar refractivity (Wildman–Crippen MR) is 133 cm³/mol. The van der Waals surface area contributed by atoms with Gasteiger partial charge in [0.05, 0.1) is 5.69 Å².